The summed E-state index contributed by atoms with van der Waals surface area (Å²) in [7, 11) is 0. The summed E-state index contributed by atoms with van der Waals surface area (Å²) < 4.78 is 40.3. The number of nitrogens with zero attached hydrogens (tertiary/aromatic N) is 1. The number of carbonyl (C=O) groups excluding carboxylic acids is 2. The van der Waals surface area contributed by atoms with E-state index in [1.807, 2.05) is 13.0 Å². The third-order valence-corrected chi connectivity index (χ3v) is 4.67. The Hall–Kier alpha value is -3.87. The van der Waals surface area contributed by atoms with E-state index >= 15 is 0 Å². The maximum Gasteiger partial charge on any atom is 0.282 e. The highest BCUT2D eigenvalue weighted by atomic mass is 19.2. The van der Waals surface area contributed by atoms with Crippen LogP contribution in [0.4, 0.5) is 24.5 Å². The monoisotopic (exact) mass is 408 g/mol. The van der Waals surface area contributed by atoms with Crippen LogP contribution < -0.4 is 10.2 Å². The minimum Gasteiger partial charge on any atom is -0.350 e. The minimum absolute atomic E-state index is 0.00578. The molecule has 0 saturated carbocycles. The summed E-state index contributed by atoms with van der Waals surface area (Å²) in [6.45, 7) is 1.82. The van der Waals surface area contributed by atoms with E-state index in [1.165, 1.54) is 30.3 Å². The SMILES string of the molecule is Cc1cccc(N2C(=O)C(Nc3ccc(F)c(F)c3)=C(c3ccc(F)cc3)C2=O)c1. The number of benzene rings is 3. The fraction of sp³-hybridized carbons (Fsp3) is 0.0435. The normalized spacial score (nSPS) is 13.9. The minimum atomic E-state index is -1.10. The predicted molar refractivity (Wildman–Crippen MR) is 107 cm³/mol. The number of rotatable bonds is 4. The van der Waals surface area contributed by atoms with Crippen LogP contribution in [-0.2, 0) is 9.59 Å². The van der Waals surface area contributed by atoms with Crippen molar-refractivity contribution in [2.24, 2.45) is 0 Å². The van der Waals surface area contributed by atoms with E-state index < -0.39 is 29.3 Å². The average Bonchev–Trinajstić information content (AvgIpc) is 2.95. The van der Waals surface area contributed by atoms with Gasteiger partial charge in [-0.3, -0.25) is 9.59 Å². The van der Waals surface area contributed by atoms with Gasteiger partial charge in [0.25, 0.3) is 11.8 Å². The molecule has 0 fully saturated rings. The van der Waals surface area contributed by atoms with Crippen molar-refractivity contribution in [2.45, 2.75) is 6.92 Å². The zero-order chi connectivity index (χ0) is 21.4. The van der Waals surface area contributed by atoms with Crippen molar-refractivity contribution in [2.75, 3.05) is 10.2 Å². The molecule has 150 valence electrons. The average molecular weight is 408 g/mol. The van der Waals surface area contributed by atoms with Crippen LogP contribution in [0.1, 0.15) is 11.1 Å². The lowest BCUT2D eigenvalue weighted by Gasteiger charge is -2.16. The van der Waals surface area contributed by atoms with Gasteiger partial charge in [-0.05, 0) is 54.4 Å². The zero-order valence-corrected chi connectivity index (χ0v) is 15.7. The third-order valence-electron chi connectivity index (χ3n) is 4.67. The smallest absolute Gasteiger partial charge is 0.282 e. The molecule has 0 spiro atoms. The number of carbonyl (C=O) groups is 2. The van der Waals surface area contributed by atoms with Gasteiger partial charge in [0, 0.05) is 11.8 Å². The summed E-state index contributed by atoms with van der Waals surface area (Å²) in [6, 6.07) is 15.0. The van der Waals surface area contributed by atoms with Crippen LogP contribution >= 0.6 is 0 Å². The van der Waals surface area contributed by atoms with Crippen LogP contribution in [0.2, 0.25) is 0 Å². The van der Waals surface area contributed by atoms with E-state index in [9.17, 15) is 22.8 Å². The van der Waals surface area contributed by atoms with E-state index in [0.717, 1.165) is 22.6 Å². The van der Waals surface area contributed by atoms with E-state index in [-0.39, 0.29) is 17.0 Å². The lowest BCUT2D eigenvalue weighted by Crippen LogP contribution is -2.32. The highest BCUT2D eigenvalue weighted by molar-refractivity contribution is 6.46. The Labute approximate surface area is 170 Å². The Morgan fingerprint density at radius 3 is 2.20 bits per heavy atom. The first-order valence-electron chi connectivity index (χ1n) is 9.03. The number of amides is 2. The van der Waals surface area contributed by atoms with E-state index in [4.69, 9.17) is 0 Å². The van der Waals surface area contributed by atoms with Gasteiger partial charge in [-0.1, -0.05) is 24.3 Å². The molecule has 1 aliphatic heterocycles. The van der Waals surface area contributed by atoms with E-state index in [2.05, 4.69) is 5.32 Å². The molecule has 1 N–H and O–H groups in total. The quantitative estimate of drug-likeness (QED) is 0.631. The van der Waals surface area contributed by atoms with Gasteiger partial charge in [0.05, 0.1) is 11.3 Å². The third kappa shape index (κ3) is 3.45. The van der Waals surface area contributed by atoms with Crippen molar-refractivity contribution in [1.29, 1.82) is 0 Å². The number of hydrogen-bond donors (Lipinski definition) is 1. The first kappa shape index (κ1) is 19.4. The molecule has 0 aromatic heterocycles. The summed E-state index contributed by atoms with van der Waals surface area (Å²) in [6.07, 6.45) is 0. The first-order valence-corrected chi connectivity index (χ1v) is 9.03. The molecule has 1 heterocycles. The van der Waals surface area contributed by atoms with Gasteiger partial charge in [-0.15, -0.1) is 0 Å². The van der Waals surface area contributed by atoms with Gasteiger partial charge >= 0.3 is 0 Å². The fourth-order valence-corrected chi connectivity index (χ4v) is 3.25. The number of anilines is 2. The maximum absolute atomic E-state index is 13.6. The maximum atomic E-state index is 13.6. The molecule has 2 amide bonds. The molecule has 4 rings (SSSR count). The van der Waals surface area contributed by atoms with Gasteiger partial charge in [-0.25, -0.2) is 18.1 Å². The number of aryl methyl sites for hydroxylation is 1. The molecule has 0 aliphatic carbocycles. The summed E-state index contributed by atoms with van der Waals surface area (Å²) in [5, 5.41) is 2.73. The first-order chi connectivity index (χ1) is 14.3. The van der Waals surface area contributed by atoms with Crippen LogP contribution in [0, 0.1) is 24.4 Å². The van der Waals surface area contributed by atoms with Crippen molar-refractivity contribution < 1.29 is 22.8 Å². The molecular formula is C23H15F3N2O2. The summed E-state index contributed by atoms with van der Waals surface area (Å²) >= 11 is 0. The standard InChI is InChI=1S/C23H15F3N2O2/c1-13-3-2-4-17(11-13)28-22(29)20(14-5-7-15(24)8-6-14)21(23(28)30)27-16-9-10-18(25)19(26)12-16/h2-12,27H,1H3. The van der Waals surface area contributed by atoms with E-state index in [0.29, 0.717) is 11.3 Å². The lowest BCUT2D eigenvalue weighted by molar-refractivity contribution is -0.120. The molecule has 3 aromatic carbocycles. The molecule has 0 unspecified atom stereocenters. The highest BCUT2D eigenvalue weighted by Gasteiger charge is 2.40. The highest BCUT2D eigenvalue weighted by Crippen LogP contribution is 2.34. The largest absolute Gasteiger partial charge is 0.350 e. The molecule has 0 saturated heterocycles. The zero-order valence-electron chi connectivity index (χ0n) is 15.7. The second kappa shape index (κ2) is 7.51. The molecule has 30 heavy (non-hydrogen) atoms. The molecule has 0 atom stereocenters. The summed E-state index contributed by atoms with van der Waals surface area (Å²) in [5.41, 5.74) is 1.52. The number of nitrogens with one attached hydrogen (secondary N) is 1. The topological polar surface area (TPSA) is 49.4 Å². The van der Waals surface area contributed by atoms with Crippen molar-refractivity contribution in [1.82, 2.24) is 0 Å². The van der Waals surface area contributed by atoms with Crippen LogP contribution in [0.5, 0.6) is 0 Å². The van der Waals surface area contributed by atoms with Gasteiger partial charge in [0.1, 0.15) is 11.5 Å². The van der Waals surface area contributed by atoms with Gasteiger partial charge < -0.3 is 5.32 Å². The lowest BCUT2D eigenvalue weighted by atomic mass is 10.0. The number of imide groups is 1. The van der Waals surface area contributed by atoms with Crippen molar-refractivity contribution >= 4 is 28.8 Å². The van der Waals surface area contributed by atoms with Crippen LogP contribution in [0.3, 0.4) is 0 Å². The summed E-state index contributed by atoms with van der Waals surface area (Å²) in [5.74, 6) is -3.90. The number of halogens is 3. The Kier molecular flexibility index (Phi) is 4.87. The Bertz CT molecular complexity index is 1200. The Morgan fingerprint density at radius 2 is 1.53 bits per heavy atom. The molecule has 0 radical (unpaired) electrons. The van der Waals surface area contributed by atoms with Gasteiger partial charge in [0.15, 0.2) is 11.6 Å². The van der Waals surface area contributed by atoms with Crippen molar-refractivity contribution in [3.8, 4) is 0 Å². The molecule has 3 aromatic rings. The van der Waals surface area contributed by atoms with Gasteiger partial charge in [-0.2, -0.15) is 0 Å². The molecule has 1 aliphatic rings. The Morgan fingerprint density at radius 1 is 0.800 bits per heavy atom. The van der Waals surface area contributed by atoms with E-state index in [1.54, 1.807) is 18.2 Å². The van der Waals surface area contributed by atoms with Gasteiger partial charge in [0.2, 0.25) is 0 Å². The molecule has 0 bridgehead atoms. The van der Waals surface area contributed by atoms with Crippen molar-refractivity contribution in [3.05, 3.63) is 101 Å². The molecular weight excluding hydrogens is 393 g/mol. The molecule has 7 heteroatoms. The number of hydrogen-bond acceptors (Lipinski definition) is 3. The predicted octanol–water partition coefficient (Wildman–Crippen LogP) is 4.81. The van der Waals surface area contributed by atoms with Crippen LogP contribution in [-0.4, -0.2) is 11.8 Å². The molecule has 4 nitrogen and oxygen atoms in total. The van der Waals surface area contributed by atoms with Crippen LogP contribution in [0.25, 0.3) is 5.57 Å². The van der Waals surface area contributed by atoms with Crippen LogP contribution in [0.15, 0.2) is 72.4 Å². The summed E-state index contributed by atoms with van der Waals surface area (Å²) in [4.78, 5) is 27.4. The second-order valence-electron chi connectivity index (χ2n) is 6.80. The second-order valence-corrected chi connectivity index (χ2v) is 6.80. The van der Waals surface area contributed by atoms with Crippen molar-refractivity contribution in [3.63, 3.8) is 0 Å². The Balaban J connectivity index is 1.83. The fourth-order valence-electron chi connectivity index (χ4n) is 3.25.